The number of furan rings is 1. The van der Waals surface area contributed by atoms with Crippen LogP contribution in [0.1, 0.15) is 51.0 Å². The summed E-state index contributed by atoms with van der Waals surface area (Å²) in [4.78, 5) is 16.4. The van der Waals surface area contributed by atoms with Crippen LogP contribution in [-0.2, 0) is 0 Å². The van der Waals surface area contributed by atoms with Gasteiger partial charge in [0.15, 0.2) is 5.76 Å². The number of hydrogen-bond acceptors (Lipinski definition) is 4. The number of thiophene rings is 1. The first-order valence-corrected chi connectivity index (χ1v) is 10.7. The molecule has 146 valence electrons. The minimum atomic E-state index is -0.219. The van der Waals surface area contributed by atoms with Crippen molar-refractivity contribution < 1.29 is 9.21 Å². The molecule has 0 saturated carbocycles. The van der Waals surface area contributed by atoms with Gasteiger partial charge in [-0.1, -0.05) is 23.7 Å². The average Bonchev–Trinajstić information content (AvgIpc) is 3.43. The zero-order valence-corrected chi connectivity index (χ0v) is 17.6. The third-order valence-corrected chi connectivity index (χ3v) is 6.76. The lowest BCUT2D eigenvalue weighted by Gasteiger charge is -2.29. The number of nitrogens with one attached hydrogen (secondary N) is 1. The van der Waals surface area contributed by atoms with E-state index in [-0.39, 0.29) is 11.9 Å². The smallest absolute Gasteiger partial charge is 0.291 e. The lowest BCUT2D eigenvalue weighted by molar-refractivity contribution is 0.0997. The summed E-state index contributed by atoms with van der Waals surface area (Å²) in [5.74, 6) is 0.0997. The number of carbonyl (C=O) groups is 1. The largest absolute Gasteiger partial charge is 0.459 e. The number of benzene rings is 1. The molecule has 1 atom stereocenters. The van der Waals surface area contributed by atoms with E-state index >= 15 is 0 Å². The van der Waals surface area contributed by atoms with Crippen LogP contribution in [0.4, 0.5) is 5.00 Å². The van der Waals surface area contributed by atoms with Crippen molar-refractivity contribution in [2.24, 2.45) is 0 Å². The SMILES string of the molecule is Cc1sc(NC(=O)c2ccco2)c([C@@H](c2ccc(Cl)cc2)N2CCCC2)c1C. The molecule has 1 N–H and O–H groups in total. The lowest BCUT2D eigenvalue weighted by atomic mass is 9.95. The first-order valence-electron chi connectivity index (χ1n) is 9.49. The van der Waals surface area contributed by atoms with E-state index in [1.54, 1.807) is 23.5 Å². The van der Waals surface area contributed by atoms with Crippen LogP contribution in [0.5, 0.6) is 0 Å². The van der Waals surface area contributed by atoms with E-state index in [2.05, 4.69) is 36.2 Å². The van der Waals surface area contributed by atoms with Gasteiger partial charge in [-0.15, -0.1) is 11.3 Å². The quantitative estimate of drug-likeness (QED) is 0.552. The van der Waals surface area contributed by atoms with Crippen LogP contribution in [0.25, 0.3) is 0 Å². The Morgan fingerprint density at radius 3 is 2.54 bits per heavy atom. The Hall–Kier alpha value is -2.08. The van der Waals surface area contributed by atoms with Crippen molar-refractivity contribution in [1.82, 2.24) is 4.90 Å². The highest BCUT2D eigenvalue weighted by atomic mass is 35.5. The second kappa shape index (κ2) is 8.11. The number of amides is 1. The molecule has 1 fully saturated rings. The predicted molar refractivity (Wildman–Crippen MR) is 115 cm³/mol. The van der Waals surface area contributed by atoms with Gasteiger partial charge in [0.05, 0.1) is 12.3 Å². The van der Waals surface area contributed by atoms with E-state index in [1.165, 1.54) is 40.7 Å². The highest BCUT2D eigenvalue weighted by molar-refractivity contribution is 7.16. The van der Waals surface area contributed by atoms with E-state index < -0.39 is 0 Å². The van der Waals surface area contributed by atoms with Gasteiger partial charge in [0.25, 0.3) is 5.91 Å². The van der Waals surface area contributed by atoms with Crippen LogP contribution in [0, 0.1) is 13.8 Å². The van der Waals surface area contributed by atoms with E-state index in [9.17, 15) is 4.79 Å². The molecule has 2 aromatic heterocycles. The van der Waals surface area contributed by atoms with Crippen LogP contribution in [0.2, 0.25) is 5.02 Å². The molecule has 28 heavy (non-hydrogen) atoms. The molecular formula is C22H23ClN2O2S. The second-order valence-electron chi connectivity index (χ2n) is 7.15. The molecule has 0 bridgehead atoms. The summed E-state index contributed by atoms with van der Waals surface area (Å²) in [6, 6.07) is 11.6. The van der Waals surface area contributed by atoms with Gasteiger partial charge < -0.3 is 9.73 Å². The maximum absolute atomic E-state index is 12.6. The summed E-state index contributed by atoms with van der Waals surface area (Å²) in [5.41, 5.74) is 3.60. The first kappa shape index (κ1) is 19.2. The number of carbonyl (C=O) groups excluding carboxylic acids is 1. The third-order valence-electron chi connectivity index (χ3n) is 5.37. The normalized spacial score (nSPS) is 15.7. The maximum atomic E-state index is 12.6. The number of anilines is 1. The van der Waals surface area contributed by atoms with Gasteiger partial charge in [-0.25, -0.2) is 0 Å². The monoisotopic (exact) mass is 414 g/mol. The van der Waals surface area contributed by atoms with E-state index in [0.717, 1.165) is 23.1 Å². The van der Waals surface area contributed by atoms with E-state index in [4.69, 9.17) is 16.0 Å². The van der Waals surface area contributed by atoms with Crippen LogP contribution in [0.15, 0.2) is 47.1 Å². The van der Waals surface area contributed by atoms with Gasteiger partial charge in [-0.05, 0) is 75.2 Å². The molecule has 1 aromatic carbocycles. The Morgan fingerprint density at radius 2 is 1.89 bits per heavy atom. The van der Waals surface area contributed by atoms with Gasteiger partial charge in [-0.2, -0.15) is 0 Å². The van der Waals surface area contributed by atoms with Crippen molar-refractivity contribution in [2.75, 3.05) is 18.4 Å². The lowest BCUT2D eigenvalue weighted by Crippen LogP contribution is -2.27. The van der Waals surface area contributed by atoms with Crippen LogP contribution in [-0.4, -0.2) is 23.9 Å². The first-order chi connectivity index (χ1) is 13.5. The topological polar surface area (TPSA) is 45.5 Å². The molecule has 3 aromatic rings. The fourth-order valence-corrected chi connectivity index (χ4v) is 5.06. The van der Waals surface area contributed by atoms with Gasteiger partial charge >= 0.3 is 0 Å². The summed E-state index contributed by atoms with van der Waals surface area (Å²) in [6.07, 6.45) is 3.90. The summed E-state index contributed by atoms with van der Waals surface area (Å²) in [5, 5.41) is 4.71. The highest BCUT2D eigenvalue weighted by Gasteiger charge is 2.31. The number of hydrogen-bond donors (Lipinski definition) is 1. The zero-order chi connectivity index (χ0) is 19.7. The Labute approximate surface area is 174 Å². The maximum Gasteiger partial charge on any atom is 0.291 e. The Morgan fingerprint density at radius 1 is 1.18 bits per heavy atom. The molecule has 4 nitrogen and oxygen atoms in total. The number of aryl methyl sites for hydroxylation is 1. The van der Waals surface area contributed by atoms with E-state index in [1.807, 2.05) is 12.1 Å². The molecule has 0 radical (unpaired) electrons. The van der Waals surface area contributed by atoms with Gasteiger partial charge in [0, 0.05) is 15.5 Å². The molecule has 4 rings (SSSR count). The molecule has 0 aliphatic carbocycles. The Kier molecular flexibility index (Phi) is 5.58. The number of likely N-dealkylation sites (tertiary alicyclic amines) is 1. The van der Waals surface area contributed by atoms with Crippen molar-refractivity contribution in [1.29, 1.82) is 0 Å². The molecule has 0 spiro atoms. The van der Waals surface area contributed by atoms with Crippen molar-refractivity contribution in [3.05, 3.63) is 75.0 Å². The van der Waals surface area contributed by atoms with Crippen molar-refractivity contribution in [3.8, 4) is 0 Å². The number of halogens is 1. The van der Waals surface area contributed by atoms with Crippen LogP contribution >= 0.6 is 22.9 Å². The average molecular weight is 415 g/mol. The molecule has 1 aliphatic heterocycles. The van der Waals surface area contributed by atoms with Gasteiger partial charge in [0.1, 0.15) is 5.00 Å². The van der Waals surface area contributed by atoms with Gasteiger partial charge in [-0.3, -0.25) is 9.69 Å². The number of nitrogens with zero attached hydrogens (tertiary/aromatic N) is 1. The Balaban J connectivity index is 1.77. The van der Waals surface area contributed by atoms with Crippen molar-refractivity contribution >= 4 is 33.8 Å². The third kappa shape index (κ3) is 3.75. The fourth-order valence-electron chi connectivity index (χ4n) is 3.84. The summed E-state index contributed by atoms with van der Waals surface area (Å²) < 4.78 is 5.27. The second-order valence-corrected chi connectivity index (χ2v) is 8.82. The van der Waals surface area contributed by atoms with Crippen molar-refractivity contribution in [2.45, 2.75) is 32.7 Å². The predicted octanol–water partition coefficient (Wildman–Crippen LogP) is 6.05. The highest BCUT2D eigenvalue weighted by Crippen LogP contribution is 2.43. The summed E-state index contributed by atoms with van der Waals surface area (Å²) in [7, 11) is 0. The molecular weight excluding hydrogens is 392 g/mol. The van der Waals surface area contributed by atoms with Crippen LogP contribution < -0.4 is 5.32 Å². The minimum absolute atomic E-state index is 0.0941. The molecule has 1 saturated heterocycles. The zero-order valence-electron chi connectivity index (χ0n) is 16.0. The van der Waals surface area contributed by atoms with Gasteiger partial charge in [0.2, 0.25) is 0 Å². The number of rotatable bonds is 5. The molecule has 1 amide bonds. The Bertz CT molecular complexity index is 957. The minimum Gasteiger partial charge on any atom is -0.459 e. The fraction of sp³-hybridized carbons (Fsp3) is 0.318. The standard InChI is InChI=1S/C22H23ClN2O2S/c1-14-15(2)28-22(24-21(26)18-6-5-13-27-18)19(14)20(25-11-3-4-12-25)16-7-9-17(23)10-8-16/h5-10,13,20H,3-4,11-12H2,1-2H3,(H,24,26)/t20-/m1/s1. The molecule has 1 aliphatic rings. The summed E-state index contributed by atoms with van der Waals surface area (Å²) in [6.45, 7) is 6.35. The molecule has 3 heterocycles. The van der Waals surface area contributed by atoms with Crippen LogP contribution in [0.3, 0.4) is 0 Å². The molecule has 0 unspecified atom stereocenters. The van der Waals surface area contributed by atoms with E-state index in [0.29, 0.717) is 5.76 Å². The summed E-state index contributed by atoms with van der Waals surface area (Å²) >= 11 is 7.76. The molecule has 6 heteroatoms. The van der Waals surface area contributed by atoms with Crippen molar-refractivity contribution in [3.63, 3.8) is 0 Å².